The third-order valence-electron chi connectivity index (χ3n) is 5.50. The topological polar surface area (TPSA) is 83.5 Å². The number of nitrogens with zero attached hydrogens (tertiary/aromatic N) is 4. The predicted octanol–water partition coefficient (Wildman–Crippen LogP) is 3.55. The van der Waals surface area contributed by atoms with E-state index in [2.05, 4.69) is 14.9 Å². The Bertz CT molecular complexity index is 1230. The summed E-state index contributed by atoms with van der Waals surface area (Å²) in [5, 5.41) is 0.584. The lowest BCUT2D eigenvalue weighted by Gasteiger charge is -2.41. The van der Waals surface area contributed by atoms with Crippen molar-refractivity contribution in [3.05, 3.63) is 46.7 Å². The summed E-state index contributed by atoms with van der Waals surface area (Å²) in [6.07, 6.45) is 1.60. The third-order valence-corrected chi connectivity index (χ3v) is 8.55. The van der Waals surface area contributed by atoms with Gasteiger partial charge in [0.05, 0.1) is 37.1 Å². The Hall–Kier alpha value is -2.23. The minimum atomic E-state index is -3.58. The van der Waals surface area contributed by atoms with Gasteiger partial charge in [0.1, 0.15) is 0 Å². The quantitative estimate of drug-likeness (QED) is 0.557. The zero-order valence-electron chi connectivity index (χ0n) is 17.3. The van der Waals surface area contributed by atoms with Gasteiger partial charge < -0.3 is 9.80 Å². The molecule has 3 heterocycles. The number of hydrogen-bond donors (Lipinski definition) is 0. The molecule has 3 aromatic rings. The number of carbonyl (C=O) groups excluding carboxylic acids is 1. The van der Waals surface area contributed by atoms with Gasteiger partial charge >= 0.3 is 0 Å². The van der Waals surface area contributed by atoms with E-state index in [0.717, 1.165) is 11.4 Å². The van der Waals surface area contributed by atoms with Crippen LogP contribution in [0.25, 0.3) is 10.2 Å². The fourth-order valence-corrected chi connectivity index (χ4v) is 6.68. The average molecular weight is 479 g/mol. The predicted molar refractivity (Wildman–Crippen MR) is 124 cm³/mol. The Morgan fingerprint density at radius 3 is 2.87 bits per heavy atom. The molecule has 0 saturated carbocycles. The summed E-state index contributed by atoms with van der Waals surface area (Å²) in [6.45, 7) is 5.66. The SMILES string of the molecule is Cc1cc(N2CCN(C(=O)CCS(=O)(=O)c3cccc4ncsc34)C(C)C2)c(Cl)cn1. The molecule has 0 spiro atoms. The van der Waals surface area contributed by atoms with Gasteiger partial charge in [-0.15, -0.1) is 11.3 Å². The first kappa shape index (κ1) is 22.0. The van der Waals surface area contributed by atoms with Gasteiger partial charge in [0.25, 0.3) is 0 Å². The summed E-state index contributed by atoms with van der Waals surface area (Å²) in [7, 11) is -3.58. The van der Waals surface area contributed by atoms with Crippen molar-refractivity contribution in [1.82, 2.24) is 14.9 Å². The summed E-state index contributed by atoms with van der Waals surface area (Å²) in [5.74, 6) is -0.366. The summed E-state index contributed by atoms with van der Waals surface area (Å²) >= 11 is 7.61. The smallest absolute Gasteiger partial charge is 0.223 e. The van der Waals surface area contributed by atoms with Crippen molar-refractivity contribution in [3.63, 3.8) is 0 Å². The van der Waals surface area contributed by atoms with Crippen LogP contribution in [0.4, 0.5) is 5.69 Å². The fraction of sp³-hybridized carbons (Fsp3) is 0.381. The molecule has 7 nitrogen and oxygen atoms in total. The molecule has 164 valence electrons. The van der Waals surface area contributed by atoms with Crippen LogP contribution < -0.4 is 4.90 Å². The van der Waals surface area contributed by atoms with Crippen LogP contribution in [0.1, 0.15) is 19.0 Å². The summed E-state index contributed by atoms with van der Waals surface area (Å²) in [4.78, 5) is 25.4. The number of piperazine rings is 1. The van der Waals surface area contributed by atoms with Crippen molar-refractivity contribution in [2.24, 2.45) is 0 Å². The summed E-state index contributed by atoms with van der Waals surface area (Å²) < 4.78 is 26.4. The number of pyridine rings is 1. The van der Waals surface area contributed by atoms with Crippen LogP contribution in [0.15, 0.2) is 40.9 Å². The van der Waals surface area contributed by atoms with Gasteiger partial charge in [0, 0.05) is 44.0 Å². The number of hydrogen-bond acceptors (Lipinski definition) is 7. The molecule has 1 amide bonds. The Balaban J connectivity index is 1.41. The van der Waals surface area contributed by atoms with Gasteiger partial charge in [-0.1, -0.05) is 17.7 Å². The van der Waals surface area contributed by atoms with Crippen LogP contribution in [0.2, 0.25) is 5.02 Å². The first-order valence-electron chi connectivity index (χ1n) is 9.98. The van der Waals surface area contributed by atoms with Crippen molar-refractivity contribution >= 4 is 54.6 Å². The first-order valence-corrected chi connectivity index (χ1v) is 12.9. The van der Waals surface area contributed by atoms with E-state index in [4.69, 9.17) is 11.6 Å². The molecule has 2 aromatic heterocycles. The number of sulfone groups is 1. The number of anilines is 1. The molecule has 1 saturated heterocycles. The van der Waals surface area contributed by atoms with E-state index in [1.54, 1.807) is 34.8 Å². The largest absolute Gasteiger partial charge is 0.366 e. The number of aryl methyl sites for hydroxylation is 1. The van der Waals surface area contributed by atoms with Crippen molar-refractivity contribution in [2.45, 2.75) is 31.2 Å². The van der Waals surface area contributed by atoms with E-state index < -0.39 is 9.84 Å². The molecule has 1 aromatic carbocycles. The fourth-order valence-electron chi connectivity index (χ4n) is 3.90. The number of rotatable bonds is 5. The Morgan fingerprint density at radius 1 is 1.29 bits per heavy atom. The molecule has 1 aliphatic heterocycles. The monoisotopic (exact) mass is 478 g/mol. The van der Waals surface area contributed by atoms with E-state index in [9.17, 15) is 13.2 Å². The van der Waals surface area contributed by atoms with E-state index in [0.29, 0.717) is 34.9 Å². The molecule has 1 fully saturated rings. The molecule has 0 radical (unpaired) electrons. The highest BCUT2D eigenvalue weighted by molar-refractivity contribution is 7.91. The van der Waals surface area contributed by atoms with Gasteiger partial charge in [0.2, 0.25) is 5.91 Å². The van der Waals surface area contributed by atoms with Gasteiger partial charge in [0.15, 0.2) is 9.84 Å². The number of benzene rings is 1. The Morgan fingerprint density at radius 2 is 2.10 bits per heavy atom. The van der Waals surface area contributed by atoms with Crippen LogP contribution in [0, 0.1) is 6.92 Å². The van der Waals surface area contributed by atoms with Crippen molar-refractivity contribution in [1.29, 1.82) is 0 Å². The number of fused-ring (bicyclic) bond motifs is 1. The molecule has 1 atom stereocenters. The maximum absolute atomic E-state index is 12.9. The zero-order chi connectivity index (χ0) is 22.2. The molecular weight excluding hydrogens is 456 g/mol. The summed E-state index contributed by atoms with van der Waals surface area (Å²) in [5.41, 5.74) is 4.08. The number of carbonyl (C=O) groups is 1. The first-order chi connectivity index (χ1) is 14.8. The van der Waals surface area contributed by atoms with Crippen LogP contribution in [-0.2, 0) is 14.6 Å². The number of aromatic nitrogens is 2. The molecule has 1 unspecified atom stereocenters. The highest BCUT2D eigenvalue weighted by atomic mass is 35.5. The Labute approximate surface area is 190 Å². The van der Waals surface area contributed by atoms with E-state index in [-0.39, 0.29) is 29.0 Å². The highest BCUT2D eigenvalue weighted by Crippen LogP contribution is 2.29. The van der Waals surface area contributed by atoms with E-state index in [1.165, 1.54) is 11.3 Å². The van der Waals surface area contributed by atoms with Crippen molar-refractivity contribution < 1.29 is 13.2 Å². The lowest BCUT2D eigenvalue weighted by molar-refractivity contribution is -0.133. The molecule has 4 rings (SSSR count). The second-order valence-electron chi connectivity index (χ2n) is 7.68. The molecule has 0 bridgehead atoms. The summed E-state index contributed by atoms with van der Waals surface area (Å²) in [6, 6.07) is 6.94. The minimum Gasteiger partial charge on any atom is -0.366 e. The van der Waals surface area contributed by atoms with Gasteiger partial charge in [-0.25, -0.2) is 13.4 Å². The molecular formula is C21H23ClN4O3S2. The van der Waals surface area contributed by atoms with Crippen LogP contribution in [-0.4, -0.2) is 60.6 Å². The second kappa shape index (κ2) is 8.72. The van der Waals surface area contributed by atoms with Crippen LogP contribution >= 0.6 is 22.9 Å². The van der Waals surface area contributed by atoms with Crippen LogP contribution in [0.5, 0.6) is 0 Å². The Kier molecular flexibility index (Phi) is 6.18. The van der Waals surface area contributed by atoms with Gasteiger partial charge in [-0.05, 0) is 32.0 Å². The maximum atomic E-state index is 12.9. The average Bonchev–Trinajstić information content (AvgIpc) is 3.22. The molecule has 0 N–H and O–H groups in total. The maximum Gasteiger partial charge on any atom is 0.223 e. The van der Waals surface area contributed by atoms with Gasteiger partial charge in [-0.2, -0.15) is 0 Å². The molecule has 10 heteroatoms. The standard InChI is InChI=1S/C21H23ClN4O3S2/c1-14-10-18(16(22)11-23-14)25-7-8-26(15(2)12-25)20(27)6-9-31(28,29)19-5-3-4-17-21(19)30-13-24-17/h3-5,10-11,13,15H,6-9,12H2,1-2H3. The van der Waals surface area contributed by atoms with E-state index in [1.807, 2.05) is 19.9 Å². The minimum absolute atomic E-state index is 0.0447. The van der Waals surface area contributed by atoms with Gasteiger partial charge in [-0.3, -0.25) is 9.78 Å². The van der Waals surface area contributed by atoms with E-state index >= 15 is 0 Å². The number of amides is 1. The van der Waals surface area contributed by atoms with Crippen molar-refractivity contribution in [2.75, 3.05) is 30.3 Å². The number of thiazole rings is 1. The third kappa shape index (κ3) is 4.53. The molecule has 0 aliphatic carbocycles. The normalized spacial score (nSPS) is 17.3. The lowest BCUT2D eigenvalue weighted by Crippen LogP contribution is -2.54. The molecule has 1 aliphatic rings. The highest BCUT2D eigenvalue weighted by Gasteiger charge is 2.29. The lowest BCUT2D eigenvalue weighted by atomic mass is 10.1. The van der Waals surface area contributed by atoms with Crippen LogP contribution in [0.3, 0.4) is 0 Å². The van der Waals surface area contributed by atoms with Crippen molar-refractivity contribution in [3.8, 4) is 0 Å². The molecule has 31 heavy (non-hydrogen) atoms. The zero-order valence-corrected chi connectivity index (χ0v) is 19.7. The second-order valence-corrected chi connectivity index (χ2v) is 11.0. The number of halogens is 1.